The van der Waals surface area contributed by atoms with Crippen molar-refractivity contribution >= 4 is 11.3 Å². The number of aromatic nitrogens is 1. The van der Waals surface area contributed by atoms with E-state index in [1.165, 1.54) is 12.1 Å². The summed E-state index contributed by atoms with van der Waals surface area (Å²) in [6, 6.07) is 6.54. The lowest BCUT2D eigenvalue weighted by molar-refractivity contribution is -0.0498. The number of halogens is 2. The summed E-state index contributed by atoms with van der Waals surface area (Å²) in [4.78, 5) is 4.43. The van der Waals surface area contributed by atoms with E-state index in [-0.39, 0.29) is 11.8 Å². The smallest absolute Gasteiger partial charge is 0.387 e. The van der Waals surface area contributed by atoms with E-state index in [4.69, 9.17) is 0 Å². The summed E-state index contributed by atoms with van der Waals surface area (Å²) in [6.07, 6.45) is 0. The minimum Gasteiger partial charge on any atom is -0.435 e. The van der Waals surface area contributed by atoms with Gasteiger partial charge in [-0.3, -0.25) is 0 Å². The van der Waals surface area contributed by atoms with Crippen LogP contribution in [-0.2, 0) is 0 Å². The zero-order valence-electron chi connectivity index (χ0n) is 10.6. The van der Waals surface area contributed by atoms with E-state index in [0.29, 0.717) is 0 Å². The van der Waals surface area contributed by atoms with E-state index in [0.717, 1.165) is 16.3 Å². The summed E-state index contributed by atoms with van der Waals surface area (Å²) in [6.45, 7) is -0.862. The van der Waals surface area contributed by atoms with Crippen LogP contribution in [0.5, 0.6) is 5.75 Å². The number of benzene rings is 1. The quantitative estimate of drug-likeness (QED) is 0.914. The normalized spacial score (nSPS) is 12.7. The van der Waals surface area contributed by atoms with E-state index in [1.54, 1.807) is 23.5 Å². The highest BCUT2D eigenvalue weighted by Gasteiger charge is 2.15. The van der Waals surface area contributed by atoms with Gasteiger partial charge in [0, 0.05) is 11.1 Å². The van der Waals surface area contributed by atoms with Crippen LogP contribution < -0.4 is 10.1 Å². The van der Waals surface area contributed by atoms with Gasteiger partial charge in [-0.05, 0) is 31.7 Å². The molecule has 0 aliphatic carbocycles. The number of rotatable bonds is 5. The lowest BCUT2D eigenvalue weighted by Gasteiger charge is -2.14. The van der Waals surface area contributed by atoms with Crippen LogP contribution in [0.1, 0.15) is 22.3 Å². The first kappa shape index (κ1) is 13.9. The first-order valence-corrected chi connectivity index (χ1v) is 6.62. The Morgan fingerprint density at radius 1 is 1.26 bits per heavy atom. The molecule has 3 nitrogen and oxygen atoms in total. The molecule has 0 bridgehead atoms. The van der Waals surface area contributed by atoms with E-state index in [1.807, 2.05) is 19.4 Å². The molecule has 0 aliphatic rings. The second-order valence-electron chi connectivity index (χ2n) is 4.00. The molecule has 0 saturated heterocycles. The average molecular weight is 284 g/mol. The summed E-state index contributed by atoms with van der Waals surface area (Å²) < 4.78 is 28.5. The van der Waals surface area contributed by atoms with Gasteiger partial charge in [-0.2, -0.15) is 8.78 Å². The highest BCUT2D eigenvalue weighted by Crippen LogP contribution is 2.26. The summed E-state index contributed by atoms with van der Waals surface area (Å²) in [5.41, 5.74) is 1.93. The molecule has 6 heteroatoms. The highest BCUT2D eigenvalue weighted by molar-refractivity contribution is 7.09. The minimum atomic E-state index is -2.80. The topological polar surface area (TPSA) is 34.1 Å². The molecular formula is C13H14F2N2OS. The Hall–Kier alpha value is -1.53. The Kier molecular flexibility index (Phi) is 4.44. The van der Waals surface area contributed by atoms with Crippen LogP contribution in [-0.4, -0.2) is 18.6 Å². The second kappa shape index (κ2) is 6.08. The first-order chi connectivity index (χ1) is 9.10. The van der Waals surface area contributed by atoms with Crippen molar-refractivity contribution in [2.45, 2.75) is 19.6 Å². The zero-order valence-corrected chi connectivity index (χ0v) is 11.4. The second-order valence-corrected chi connectivity index (χ2v) is 4.89. The molecule has 0 aliphatic heterocycles. The fourth-order valence-electron chi connectivity index (χ4n) is 1.78. The third-order valence-corrected chi connectivity index (χ3v) is 3.64. The van der Waals surface area contributed by atoms with Gasteiger partial charge in [-0.25, -0.2) is 4.98 Å². The minimum absolute atomic E-state index is 0.0423. The summed E-state index contributed by atoms with van der Waals surface area (Å²) in [5.74, 6) is 0.156. The fraction of sp³-hybridized carbons (Fsp3) is 0.308. The Labute approximate surface area is 114 Å². The number of alkyl halides is 2. The number of nitrogens with zero attached hydrogens (tertiary/aromatic N) is 1. The Bertz CT molecular complexity index is 528. The highest BCUT2D eigenvalue weighted by atomic mass is 32.1. The summed E-state index contributed by atoms with van der Waals surface area (Å²) in [5, 5.41) is 6.09. The standard InChI is InChI=1S/C13H14F2N2OS/c1-8-7-19-12(17-8)11(16-2)9-3-5-10(6-4-9)18-13(14)15/h3-7,11,13,16H,1-2H3. The summed E-state index contributed by atoms with van der Waals surface area (Å²) in [7, 11) is 1.84. The van der Waals surface area contributed by atoms with E-state index >= 15 is 0 Å². The van der Waals surface area contributed by atoms with E-state index < -0.39 is 6.61 Å². The summed E-state index contributed by atoms with van der Waals surface area (Å²) >= 11 is 1.57. The third-order valence-electron chi connectivity index (χ3n) is 2.61. The van der Waals surface area contributed by atoms with Gasteiger partial charge in [0.05, 0.1) is 6.04 Å². The number of hydrogen-bond donors (Lipinski definition) is 1. The van der Waals surface area contributed by atoms with Crippen molar-refractivity contribution in [3.63, 3.8) is 0 Å². The lowest BCUT2D eigenvalue weighted by Crippen LogP contribution is -2.17. The number of nitrogens with one attached hydrogen (secondary N) is 1. The molecule has 1 aromatic heterocycles. The van der Waals surface area contributed by atoms with Crippen LogP contribution in [0.3, 0.4) is 0 Å². The maximum atomic E-state index is 12.1. The Morgan fingerprint density at radius 2 is 1.95 bits per heavy atom. The molecule has 1 aromatic carbocycles. The molecule has 0 saturated carbocycles. The first-order valence-electron chi connectivity index (χ1n) is 5.74. The number of ether oxygens (including phenoxy) is 1. The molecule has 1 N–H and O–H groups in total. The monoisotopic (exact) mass is 284 g/mol. The van der Waals surface area contributed by atoms with Crippen LogP contribution >= 0.6 is 11.3 Å². The van der Waals surface area contributed by atoms with E-state index in [9.17, 15) is 8.78 Å². The van der Waals surface area contributed by atoms with Crippen LogP contribution in [0.25, 0.3) is 0 Å². The predicted octanol–water partition coefficient (Wildman–Crippen LogP) is 3.36. The molecule has 102 valence electrons. The predicted molar refractivity (Wildman–Crippen MR) is 70.8 cm³/mol. The van der Waals surface area contributed by atoms with Crippen molar-refractivity contribution in [1.29, 1.82) is 0 Å². The van der Waals surface area contributed by atoms with Gasteiger partial charge in [0.25, 0.3) is 0 Å². The maximum Gasteiger partial charge on any atom is 0.387 e. The van der Waals surface area contributed by atoms with Crippen molar-refractivity contribution in [1.82, 2.24) is 10.3 Å². The zero-order chi connectivity index (χ0) is 13.8. The molecule has 2 rings (SSSR count). The van der Waals surface area contributed by atoms with Crippen LogP contribution in [0.2, 0.25) is 0 Å². The van der Waals surface area contributed by atoms with Crippen molar-refractivity contribution in [2.75, 3.05) is 7.05 Å². The van der Waals surface area contributed by atoms with Gasteiger partial charge in [-0.15, -0.1) is 11.3 Å². The molecule has 0 spiro atoms. The van der Waals surface area contributed by atoms with Gasteiger partial charge in [0.15, 0.2) is 0 Å². The molecule has 0 fully saturated rings. The fourth-order valence-corrected chi connectivity index (χ4v) is 2.71. The average Bonchev–Trinajstić information content (AvgIpc) is 2.78. The van der Waals surface area contributed by atoms with Crippen molar-refractivity contribution < 1.29 is 13.5 Å². The van der Waals surface area contributed by atoms with Gasteiger partial charge in [-0.1, -0.05) is 12.1 Å². The van der Waals surface area contributed by atoms with Gasteiger partial charge in [0.1, 0.15) is 10.8 Å². The number of hydrogen-bond acceptors (Lipinski definition) is 4. The molecule has 19 heavy (non-hydrogen) atoms. The molecular weight excluding hydrogens is 270 g/mol. The van der Waals surface area contributed by atoms with Crippen molar-refractivity contribution in [3.8, 4) is 5.75 Å². The van der Waals surface area contributed by atoms with Crippen LogP contribution in [0.4, 0.5) is 8.78 Å². The van der Waals surface area contributed by atoms with Gasteiger partial charge in [0.2, 0.25) is 0 Å². The number of aryl methyl sites for hydroxylation is 1. The van der Waals surface area contributed by atoms with Crippen LogP contribution in [0, 0.1) is 6.92 Å². The largest absolute Gasteiger partial charge is 0.435 e. The van der Waals surface area contributed by atoms with E-state index in [2.05, 4.69) is 15.0 Å². The van der Waals surface area contributed by atoms with Crippen molar-refractivity contribution in [3.05, 3.63) is 45.9 Å². The molecule has 1 atom stereocenters. The third kappa shape index (κ3) is 3.48. The lowest BCUT2D eigenvalue weighted by atomic mass is 10.1. The molecule has 2 aromatic rings. The molecule has 0 amide bonds. The molecule has 1 heterocycles. The molecule has 0 radical (unpaired) electrons. The van der Waals surface area contributed by atoms with Crippen LogP contribution in [0.15, 0.2) is 29.6 Å². The Balaban J connectivity index is 2.19. The van der Waals surface area contributed by atoms with Gasteiger partial charge < -0.3 is 10.1 Å². The Morgan fingerprint density at radius 3 is 2.42 bits per heavy atom. The maximum absolute atomic E-state index is 12.1. The van der Waals surface area contributed by atoms with Crippen molar-refractivity contribution in [2.24, 2.45) is 0 Å². The SMILES string of the molecule is CNC(c1ccc(OC(F)F)cc1)c1nc(C)cs1. The van der Waals surface area contributed by atoms with Gasteiger partial charge >= 0.3 is 6.61 Å². The number of thiazole rings is 1. The molecule has 1 unspecified atom stereocenters.